The van der Waals surface area contributed by atoms with Gasteiger partial charge in [0.25, 0.3) is 0 Å². The second-order valence-electron chi connectivity index (χ2n) is 3.74. The van der Waals surface area contributed by atoms with Gasteiger partial charge in [-0.2, -0.15) is 0 Å². The number of para-hydroxylation sites is 1. The summed E-state index contributed by atoms with van der Waals surface area (Å²) in [5.41, 5.74) is 0.902. The number of aromatic nitrogens is 1. The van der Waals surface area contributed by atoms with Crippen molar-refractivity contribution in [2.24, 2.45) is 0 Å². The van der Waals surface area contributed by atoms with Gasteiger partial charge in [-0.25, -0.2) is 0 Å². The standard InChI is InChI=1S/C12H11NO4S/c14-11(15)5-9(12(16)17)18-10-6-13-8-4-2-1-3-7(8)10/h1-4,6,9,13H,5H2,(H,14,15)(H,16,17). The van der Waals surface area contributed by atoms with Gasteiger partial charge in [0.2, 0.25) is 0 Å². The maximum Gasteiger partial charge on any atom is 0.317 e. The SMILES string of the molecule is O=C(O)CC(Sc1c[nH]c2ccccc12)C(=O)O. The first-order valence-corrected chi connectivity index (χ1v) is 6.13. The first kappa shape index (κ1) is 12.5. The zero-order valence-electron chi connectivity index (χ0n) is 9.29. The molecule has 0 spiro atoms. The third kappa shape index (κ3) is 2.65. The van der Waals surface area contributed by atoms with Gasteiger partial charge in [-0.15, -0.1) is 11.8 Å². The molecule has 0 radical (unpaired) electrons. The number of H-pyrrole nitrogens is 1. The molecule has 0 bridgehead atoms. The number of carboxylic acid groups (broad SMARTS) is 2. The number of aliphatic carboxylic acids is 2. The fourth-order valence-corrected chi connectivity index (χ4v) is 2.70. The summed E-state index contributed by atoms with van der Waals surface area (Å²) in [5.74, 6) is -2.23. The smallest absolute Gasteiger partial charge is 0.317 e. The van der Waals surface area contributed by atoms with Crippen LogP contribution in [0.1, 0.15) is 6.42 Å². The number of hydrogen-bond donors (Lipinski definition) is 3. The molecule has 1 aromatic carbocycles. The molecule has 5 nitrogen and oxygen atoms in total. The lowest BCUT2D eigenvalue weighted by Gasteiger charge is -2.08. The van der Waals surface area contributed by atoms with E-state index in [0.717, 1.165) is 27.6 Å². The summed E-state index contributed by atoms with van der Waals surface area (Å²) < 4.78 is 0. The normalized spacial score (nSPS) is 12.4. The highest BCUT2D eigenvalue weighted by atomic mass is 32.2. The number of rotatable bonds is 5. The maximum atomic E-state index is 11.0. The Balaban J connectivity index is 2.26. The van der Waals surface area contributed by atoms with Crippen LogP contribution in [-0.4, -0.2) is 32.4 Å². The molecule has 0 aliphatic carbocycles. The van der Waals surface area contributed by atoms with Crippen molar-refractivity contribution in [2.45, 2.75) is 16.6 Å². The molecule has 6 heteroatoms. The van der Waals surface area contributed by atoms with Gasteiger partial charge in [0, 0.05) is 22.0 Å². The Morgan fingerprint density at radius 2 is 2.00 bits per heavy atom. The average molecular weight is 265 g/mol. The molecule has 1 atom stereocenters. The van der Waals surface area contributed by atoms with Crippen LogP contribution < -0.4 is 0 Å². The number of fused-ring (bicyclic) bond motifs is 1. The number of carboxylic acids is 2. The van der Waals surface area contributed by atoms with Gasteiger partial charge in [0.15, 0.2) is 0 Å². The van der Waals surface area contributed by atoms with Gasteiger partial charge in [0.1, 0.15) is 5.25 Å². The molecule has 3 N–H and O–H groups in total. The predicted octanol–water partition coefficient (Wildman–Crippen LogP) is 2.19. The molecule has 1 unspecified atom stereocenters. The Morgan fingerprint density at radius 3 is 2.67 bits per heavy atom. The van der Waals surface area contributed by atoms with Crippen molar-refractivity contribution >= 4 is 34.6 Å². The lowest BCUT2D eigenvalue weighted by molar-refractivity contribution is -0.142. The van der Waals surface area contributed by atoms with Gasteiger partial charge in [-0.1, -0.05) is 18.2 Å². The van der Waals surface area contributed by atoms with Crippen molar-refractivity contribution in [2.75, 3.05) is 0 Å². The van der Waals surface area contributed by atoms with Crippen molar-refractivity contribution in [3.8, 4) is 0 Å². The maximum absolute atomic E-state index is 11.0. The highest BCUT2D eigenvalue weighted by Crippen LogP contribution is 2.32. The Labute approximate surface area is 107 Å². The fourth-order valence-electron chi connectivity index (χ4n) is 1.63. The highest BCUT2D eigenvalue weighted by Gasteiger charge is 2.23. The molecule has 0 aliphatic heterocycles. The summed E-state index contributed by atoms with van der Waals surface area (Å²) in [7, 11) is 0. The number of benzene rings is 1. The zero-order valence-corrected chi connectivity index (χ0v) is 10.1. The van der Waals surface area contributed by atoms with Gasteiger partial charge in [-0.3, -0.25) is 9.59 Å². The second kappa shape index (κ2) is 5.14. The van der Waals surface area contributed by atoms with Gasteiger partial charge < -0.3 is 15.2 Å². The minimum Gasteiger partial charge on any atom is -0.481 e. The average Bonchev–Trinajstić information content (AvgIpc) is 2.71. The van der Waals surface area contributed by atoms with E-state index >= 15 is 0 Å². The van der Waals surface area contributed by atoms with Gasteiger partial charge in [-0.05, 0) is 6.07 Å². The Bertz CT molecular complexity index is 593. The van der Waals surface area contributed by atoms with E-state index in [-0.39, 0.29) is 0 Å². The molecule has 0 saturated heterocycles. The largest absolute Gasteiger partial charge is 0.481 e. The monoisotopic (exact) mass is 265 g/mol. The van der Waals surface area contributed by atoms with Crippen LogP contribution in [0.2, 0.25) is 0 Å². The van der Waals surface area contributed by atoms with E-state index in [1.807, 2.05) is 24.3 Å². The predicted molar refractivity (Wildman–Crippen MR) is 67.8 cm³/mol. The number of carbonyl (C=O) groups is 2. The Hall–Kier alpha value is -1.95. The lowest BCUT2D eigenvalue weighted by Crippen LogP contribution is -2.20. The van der Waals surface area contributed by atoms with Crippen LogP contribution in [0, 0.1) is 0 Å². The van der Waals surface area contributed by atoms with Crippen molar-refractivity contribution in [3.05, 3.63) is 30.5 Å². The van der Waals surface area contributed by atoms with E-state index < -0.39 is 23.6 Å². The first-order chi connectivity index (χ1) is 8.58. The van der Waals surface area contributed by atoms with Crippen LogP contribution in [0.15, 0.2) is 35.4 Å². The number of hydrogen-bond acceptors (Lipinski definition) is 3. The van der Waals surface area contributed by atoms with Crippen molar-refractivity contribution < 1.29 is 19.8 Å². The molecule has 18 heavy (non-hydrogen) atoms. The number of nitrogens with one attached hydrogen (secondary N) is 1. The molecule has 2 rings (SSSR count). The van der Waals surface area contributed by atoms with Crippen LogP contribution in [-0.2, 0) is 9.59 Å². The van der Waals surface area contributed by atoms with Gasteiger partial charge in [0.05, 0.1) is 6.42 Å². The molecular weight excluding hydrogens is 254 g/mol. The Kier molecular flexibility index (Phi) is 3.57. The molecule has 1 aromatic heterocycles. The van der Waals surface area contributed by atoms with Crippen molar-refractivity contribution in [1.29, 1.82) is 0 Å². The molecule has 0 amide bonds. The summed E-state index contributed by atoms with van der Waals surface area (Å²) >= 11 is 1.05. The van der Waals surface area contributed by atoms with E-state index in [1.54, 1.807) is 6.20 Å². The molecular formula is C12H11NO4S. The van der Waals surface area contributed by atoms with Crippen LogP contribution in [0.25, 0.3) is 10.9 Å². The second-order valence-corrected chi connectivity index (χ2v) is 4.99. The number of thioether (sulfide) groups is 1. The van der Waals surface area contributed by atoms with Crippen LogP contribution in [0.5, 0.6) is 0 Å². The van der Waals surface area contributed by atoms with Crippen molar-refractivity contribution in [3.63, 3.8) is 0 Å². The minimum atomic E-state index is -1.12. The molecule has 0 aliphatic rings. The third-order valence-electron chi connectivity index (χ3n) is 2.46. The molecule has 94 valence electrons. The van der Waals surface area contributed by atoms with E-state index in [4.69, 9.17) is 10.2 Å². The molecule has 0 saturated carbocycles. The van der Waals surface area contributed by atoms with E-state index in [1.165, 1.54) is 0 Å². The first-order valence-electron chi connectivity index (χ1n) is 5.25. The quantitative estimate of drug-likeness (QED) is 0.721. The minimum absolute atomic E-state index is 0.403. The van der Waals surface area contributed by atoms with Crippen LogP contribution in [0.4, 0.5) is 0 Å². The van der Waals surface area contributed by atoms with Crippen LogP contribution >= 0.6 is 11.8 Å². The van der Waals surface area contributed by atoms with Gasteiger partial charge >= 0.3 is 11.9 Å². The molecule has 2 aromatic rings. The van der Waals surface area contributed by atoms with E-state index in [2.05, 4.69) is 4.98 Å². The highest BCUT2D eigenvalue weighted by molar-refractivity contribution is 8.00. The van der Waals surface area contributed by atoms with E-state index in [0.29, 0.717) is 0 Å². The van der Waals surface area contributed by atoms with Crippen LogP contribution in [0.3, 0.4) is 0 Å². The summed E-state index contributed by atoms with van der Waals surface area (Å²) in [5, 5.41) is 17.6. The lowest BCUT2D eigenvalue weighted by atomic mass is 10.2. The Morgan fingerprint density at radius 1 is 1.28 bits per heavy atom. The summed E-state index contributed by atoms with van der Waals surface area (Å²) in [6.07, 6.45) is 1.30. The fraction of sp³-hybridized carbons (Fsp3) is 0.167. The van der Waals surface area contributed by atoms with Crippen molar-refractivity contribution in [1.82, 2.24) is 4.98 Å². The van der Waals surface area contributed by atoms with E-state index in [9.17, 15) is 9.59 Å². The third-order valence-corrected chi connectivity index (χ3v) is 3.70. The summed E-state index contributed by atoms with van der Waals surface area (Å²) in [6.45, 7) is 0. The zero-order chi connectivity index (χ0) is 13.1. The molecule has 1 heterocycles. The number of aromatic amines is 1. The summed E-state index contributed by atoms with van der Waals surface area (Å²) in [6, 6.07) is 7.48. The topological polar surface area (TPSA) is 90.4 Å². The summed E-state index contributed by atoms with van der Waals surface area (Å²) in [4.78, 5) is 25.4. The molecule has 0 fully saturated rings.